The highest BCUT2D eigenvalue weighted by molar-refractivity contribution is 7.89. The zero-order valence-corrected chi connectivity index (χ0v) is 17.8. The second-order valence-corrected chi connectivity index (χ2v) is 8.36. The monoisotopic (exact) mass is 430 g/mol. The minimum absolute atomic E-state index is 0.0599. The summed E-state index contributed by atoms with van der Waals surface area (Å²) in [5.41, 5.74) is 1.70. The molecule has 0 spiro atoms. The molecule has 0 saturated carbocycles. The van der Waals surface area contributed by atoms with Gasteiger partial charge in [0.15, 0.2) is 0 Å². The van der Waals surface area contributed by atoms with Gasteiger partial charge in [-0.3, -0.25) is 9.59 Å². The van der Waals surface area contributed by atoms with Crippen molar-refractivity contribution in [3.05, 3.63) is 77.9 Å². The summed E-state index contributed by atoms with van der Waals surface area (Å²) in [5, 5.41) is 2.45. The summed E-state index contributed by atoms with van der Waals surface area (Å²) in [6, 6.07) is 14.3. The predicted octanol–water partition coefficient (Wildman–Crippen LogP) is 2.12. The third-order valence-corrected chi connectivity index (χ3v) is 5.70. The molecule has 0 bridgehead atoms. The fourth-order valence-corrected chi connectivity index (χ4v) is 3.78. The van der Waals surface area contributed by atoms with Gasteiger partial charge in [-0.2, -0.15) is 4.72 Å². The van der Waals surface area contributed by atoms with E-state index in [1.54, 1.807) is 55.5 Å². The molecule has 2 N–H and O–H groups in total. The van der Waals surface area contributed by atoms with Crippen molar-refractivity contribution in [2.24, 2.45) is 0 Å². The molecule has 160 valence electrons. The molecule has 0 heterocycles. The molecule has 2 aromatic rings. The van der Waals surface area contributed by atoms with Gasteiger partial charge in [0.1, 0.15) is 19.2 Å². The number of aryl methyl sites for hydroxylation is 1. The molecular formula is C22H26N2O5S. The van der Waals surface area contributed by atoms with Crippen molar-refractivity contribution in [3.63, 3.8) is 0 Å². The maximum absolute atomic E-state index is 12.8. The standard InChI is InChI=1S/C22H26N2O5S/c1-3-4-14-29-21(25)16-23-22(26)20(15-18-8-6-5-7-9-18)24-30(27,28)19-12-10-17(2)11-13-19/h3-13,20,24H,14-16H2,1-2H3,(H,23,26)/b4-3+/t20-/m0/s1. The van der Waals surface area contributed by atoms with E-state index < -0.39 is 27.9 Å². The van der Waals surface area contributed by atoms with Gasteiger partial charge < -0.3 is 10.1 Å². The summed E-state index contributed by atoms with van der Waals surface area (Å²) in [4.78, 5) is 24.5. The predicted molar refractivity (Wildman–Crippen MR) is 114 cm³/mol. The van der Waals surface area contributed by atoms with Crippen LogP contribution in [-0.4, -0.2) is 39.5 Å². The zero-order valence-electron chi connectivity index (χ0n) is 17.0. The van der Waals surface area contributed by atoms with Crippen LogP contribution in [0, 0.1) is 6.92 Å². The normalized spacial score (nSPS) is 12.5. The van der Waals surface area contributed by atoms with E-state index in [0.717, 1.165) is 11.1 Å². The summed E-state index contributed by atoms with van der Waals surface area (Å²) in [6.45, 7) is 3.40. The molecule has 0 fully saturated rings. The highest BCUT2D eigenvalue weighted by Gasteiger charge is 2.26. The van der Waals surface area contributed by atoms with E-state index in [9.17, 15) is 18.0 Å². The summed E-state index contributed by atoms with van der Waals surface area (Å²) in [5.74, 6) is -1.22. The third kappa shape index (κ3) is 7.46. The first-order valence-electron chi connectivity index (χ1n) is 9.49. The second kappa shape index (κ2) is 11.3. The largest absolute Gasteiger partial charge is 0.460 e. The quantitative estimate of drug-likeness (QED) is 0.444. The number of allylic oxidation sites excluding steroid dienone is 1. The Morgan fingerprint density at radius 1 is 1.07 bits per heavy atom. The molecule has 0 aromatic heterocycles. The molecule has 0 radical (unpaired) electrons. The Morgan fingerprint density at radius 2 is 1.73 bits per heavy atom. The number of hydrogen-bond donors (Lipinski definition) is 2. The van der Waals surface area contributed by atoms with Crippen LogP contribution in [0.5, 0.6) is 0 Å². The lowest BCUT2D eigenvalue weighted by molar-refractivity contribution is -0.142. The van der Waals surface area contributed by atoms with E-state index in [1.807, 2.05) is 13.0 Å². The highest BCUT2D eigenvalue weighted by Crippen LogP contribution is 2.12. The Bertz CT molecular complexity index is 970. The maximum Gasteiger partial charge on any atom is 0.325 e. The van der Waals surface area contributed by atoms with E-state index in [-0.39, 0.29) is 24.5 Å². The smallest absolute Gasteiger partial charge is 0.325 e. The molecule has 30 heavy (non-hydrogen) atoms. The first kappa shape index (κ1) is 23.3. The van der Waals surface area contributed by atoms with Crippen LogP contribution < -0.4 is 10.0 Å². The average molecular weight is 431 g/mol. The van der Waals surface area contributed by atoms with Crippen molar-refractivity contribution in [1.82, 2.24) is 10.0 Å². The molecule has 7 nitrogen and oxygen atoms in total. The molecule has 2 aromatic carbocycles. The minimum Gasteiger partial charge on any atom is -0.460 e. The van der Waals surface area contributed by atoms with Crippen molar-refractivity contribution in [3.8, 4) is 0 Å². The van der Waals surface area contributed by atoms with Crippen molar-refractivity contribution in [2.45, 2.75) is 31.2 Å². The summed E-state index contributed by atoms with van der Waals surface area (Å²) in [6.07, 6.45) is 3.53. The lowest BCUT2D eigenvalue weighted by Gasteiger charge is -2.18. The van der Waals surface area contributed by atoms with Gasteiger partial charge in [-0.15, -0.1) is 0 Å². The number of esters is 1. The van der Waals surface area contributed by atoms with Crippen LogP contribution in [-0.2, 0) is 30.8 Å². The molecule has 2 rings (SSSR count). The number of hydrogen-bond acceptors (Lipinski definition) is 5. The number of amides is 1. The van der Waals surface area contributed by atoms with Crippen LogP contribution in [0.1, 0.15) is 18.1 Å². The number of sulfonamides is 1. The lowest BCUT2D eigenvalue weighted by atomic mass is 10.1. The third-order valence-electron chi connectivity index (χ3n) is 4.21. The van der Waals surface area contributed by atoms with Gasteiger partial charge in [0, 0.05) is 0 Å². The van der Waals surface area contributed by atoms with Gasteiger partial charge in [0.25, 0.3) is 0 Å². The Labute approximate surface area is 177 Å². The van der Waals surface area contributed by atoms with Crippen LogP contribution >= 0.6 is 0 Å². The van der Waals surface area contributed by atoms with Crippen LogP contribution in [0.4, 0.5) is 0 Å². The fourth-order valence-electron chi connectivity index (χ4n) is 2.58. The van der Waals surface area contributed by atoms with Gasteiger partial charge in [-0.1, -0.05) is 60.2 Å². The van der Waals surface area contributed by atoms with E-state index >= 15 is 0 Å². The van der Waals surface area contributed by atoms with Crippen LogP contribution in [0.2, 0.25) is 0 Å². The summed E-state index contributed by atoms with van der Waals surface area (Å²) in [7, 11) is -3.93. The number of benzene rings is 2. The van der Waals surface area contributed by atoms with Crippen molar-refractivity contribution < 1.29 is 22.7 Å². The fraction of sp³-hybridized carbons (Fsp3) is 0.273. The molecular weight excluding hydrogens is 404 g/mol. The number of ether oxygens (including phenoxy) is 1. The zero-order chi connectivity index (χ0) is 22.0. The number of carbonyl (C=O) groups excluding carboxylic acids is 2. The highest BCUT2D eigenvalue weighted by atomic mass is 32.2. The first-order chi connectivity index (χ1) is 14.3. The molecule has 0 aliphatic carbocycles. The van der Waals surface area contributed by atoms with E-state index in [1.165, 1.54) is 12.1 Å². The number of rotatable bonds is 10. The molecule has 0 saturated heterocycles. The molecule has 8 heteroatoms. The Hall–Kier alpha value is -2.97. The summed E-state index contributed by atoms with van der Waals surface area (Å²) < 4.78 is 32.9. The molecule has 0 aliphatic rings. The Kier molecular flexibility index (Phi) is 8.76. The average Bonchev–Trinajstić information content (AvgIpc) is 2.72. The second-order valence-electron chi connectivity index (χ2n) is 6.65. The van der Waals surface area contributed by atoms with E-state index in [0.29, 0.717) is 0 Å². The Morgan fingerprint density at radius 3 is 2.37 bits per heavy atom. The van der Waals surface area contributed by atoms with Gasteiger partial charge in [0.05, 0.1) is 4.90 Å². The molecule has 0 aliphatic heterocycles. The van der Waals surface area contributed by atoms with Crippen LogP contribution in [0.15, 0.2) is 71.6 Å². The van der Waals surface area contributed by atoms with Crippen molar-refractivity contribution in [2.75, 3.05) is 13.2 Å². The van der Waals surface area contributed by atoms with Gasteiger partial charge in [-0.25, -0.2) is 8.42 Å². The summed E-state index contributed by atoms with van der Waals surface area (Å²) >= 11 is 0. The van der Waals surface area contributed by atoms with Gasteiger partial charge in [-0.05, 0) is 38.0 Å². The van der Waals surface area contributed by atoms with Gasteiger partial charge >= 0.3 is 5.97 Å². The Balaban J connectivity index is 2.12. The van der Waals surface area contributed by atoms with Crippen molar-refractivity contribution in [1.29, 1.82) is 0 Å². The van der Waals surface area contributed by atoms with Crippen LogP contribution in [0.3, 0.4) is 0 Å². The van der Waals surface area contributed by atoms with Crippen LogP contribution in [0.25, 0.3) is 0 Å². The molecule has 1 amide bonds. The van der Waals surface area contributed by atoms with Gasteiger partial charge in [0.2, 0.25) is 15.9 Å². The SMILES string of the molecule is C/C=C/COC(=O)CNC(=O)[C@H](Cc1ccccc1)NS(=O)(=O)c1ccc(C)cc1. The van der Waals surface area contributed by atoms with E-state index in [2.05, 4.69) is 10.0 Å². The van der Waals surface area contributed by atoms with Crippen molar-refractivity contribution >= 4 is 21.9 Å². The molecule has 1 atom stereocenters. The molecule has 0 unspecified atom stereocenters. The number of nitrogens with one attached hydrogen (secondary N) is 2. The van der Waals surface area contributed by atoms with E-state index in [4.69, 9.17) is 4.74 Å². The first-order valence-corrected chi connectivity index (χ1v) is 11.0. The maximum atomic E-state index is 12.8. The topological polar surface area (TPSA) is 102 Å². The minimum atomic E-state index is -3.93. The number of carbonyl (C=O) groups is 2. The lowest BCUT2D eigenvalue weighted by Crippen LogP contribution is -2.49.